The molecule has 0 aliphatic carbocycles. The maximum absolute atomic E-state index is 12.1. The highest BCUT2D eigenvalue weighted by Gasteiger charge is 2.33. The van der Waals surface area contributed by atoms with Crippen LogP contribution in [0.5, 0.6) is 0 Å². The van der Waals surface area contributed by atoms with E-state index in [1.807, 2.05) is 13.8 Å². The van der Waals surface area contributed by atoms with Crippen LogP contribution in [0.4, 0.5) is 4.79 Å². The molecule has 0 spiro atoms. The molecule has 1 aliphatic heterocycles. The summed E-state index contributed by atoms with van der Waals surface area (Å²) in [4.78, 5) is 35.7. The van der Waals surface area contributed by atoms with Gasteiger partial charge in [-0.2, -0.15) is 0 Å². The Morgan fingerprint density at radius 3 is 2.60 bits per heavy atom. The van der Waals surface area contributed by atoms with Crippen LogP contribution in [0.2, 0.25) is 0 Å². The first-order valence-electron chi connectivity index (χ1n) is 6.50. The second-order valence-corrected chi connectivity index (χ2v) is 5.16. The van der Waals surface area contributed by atoms with E-state index < -0.39 is 30.0 Å². The topological polar surface area (TPSA) is 122 Å². The number of rotatable bonds is 5. The number of hydrogen-bond acceptors (Lipinski definition) is 4. The van der Waals surface area contributed by atoms with Gasteiger partial charge in [0.05, 0.1) is 13.2 Å². The van der Waals surface area contributed by atoms with Crippen LogP contribution in [0.25, 0.3) is 0 Å². The molecule has 1 saturated heterocycles. The fraction of sp³-hybridized carbons (Fsp3) is 0.750. The number of carboxylic acid groups (broad SMARTS) is 1. The van der Waals surface area contributed by atoms with Crippen molar-refractivity contribution in [1.82, 2.24) is 10.2 Å². The van der Waals surface area contributed by atoms with Crippen LogP contribution in [0, 0.1) is 5.92 Å². The van der Waals surface area contributed by atoms with Crippen molar-refractivity contribution in [2.75, 3.05) is 19.8 Å². The Kier molecular flexibility index (Phi) is 5.75. The quantitative estimate of drug-likeness (QED) is 0.622. The summed E-state index contributed by atoms with van der Waals surface area (Å²) >= 11 is 0. The number of nitrogens with zero attached hydrogens (tertiary/aromatic N) is 1. The first-order valence-corrected chi connectivity index (χ1v) is 6.50. The molecule has 0 aromatic heterocycles. The minimum absolute atomic E-state index is 0.0324. The lowest BCUT2D eigenvalue weighted by Gasteiger charge is -2.34. The lowest BCUT2D eigenvalue weighted by atomic mass is 10.0. The highest BCUT2D eigenvalue weighted by Crippen LogP contribution is 2.10. The van der Waals surface area contributed by atoms with Gasteiger partial charge in [0.1, 0.15) is 12.1 Å². The van der Waals surface area contributed by atoms with Gasteiger partial charge in [0, 0.05) is 6.54 Å². The molecule has 0 aromatic rings. The van der Waals surface area contributed by atoms with E-state index in [1.54, 1.807) is 0 Å². The zero-order valence-corrected chi connectivity index (χ0v) is 11.7. The summed E-state index contributed by atoms with van der Waals surface area (Å²) in [6.07, 6.45) is 0.312. The average Bonchev–Trinajstić information content (AvgIpc) is 2.37. The van der Waals surface area contributed by atoms with Crippen LogP contribution in [0.15, 0.2) is 0 Å². The van der Waals surface area contributed by atoms with Gasteiger partial charge < -0.3 is 25.8 Å². The van der Waals surface area contributed by atoms with Gasteiger partial charge in [-0.1, -0.05) is 13.8 Å². The SMILES string of the molecule is CC(C)C[C@H](NC(=O)N1CCOCC1C(N)=O)C(=O)O. The molecular formula is C12H21N3O5. The Bertz CT molecular complexity index is 385. The Balaban J connectivity index is 2.71. The van der Waals surface area contributed by atoms with Gasteiger partial charge in [-0.25, -0.2) is 9.59 Å². The van der Waals surface area contributed by atoms with E-state index in [-0.39, 0.29) is 19.1 Å². The van der Waals surface area contributed by atoms with Gasteiger partial charge in [0.25, 0.3) is 0 Å². The van der Waals surface area contributed by atoms with Gasteiger partial charge in [-0.05, 0) is 12.3 Å². The number of urea groups is 1. The van der Waals surface area contributed by atoms with Crippen LogP contribution in [-0.2, 0) is 14.3 Å². The second kappa shape index (κ2) is 7.09. The minimum Gasteiger partial charge on any atom is -0.480 e. The number of primary amides is 1. The minimum atomic E-state index is -1.10. The van der Waals surface area contributed by atoms with Crippen molar-refractivity contribution in [3.63, 3.8) is 0 Å². The molecule has 8 heteroatoms. The summed E-state index contributed by atoms with van der Waals surface area (Å²) in [5.41, 5.74) is 5.21. The average molecular weight is 287 g/mol. The Hall–Kier alpha value is -1.83. The third-order valence-electron chi connectivity index (χ3n) is 3.02. The summed E-state index contributed by atoms with van der Waals surface area (Å²) in [5, 5.41) is 11.5. The number of hydrogen-bond donors (Lipinski definition) is 3. The third-order valence-corrected chi connectivity index (χ3v) is 3.02. The van der Waals surface area contributed by atoms with E-state index in [4.69, 9.17) is 15.6 Å². The second-order valence-electron chi connectivity index (χ2n) is 5.16. The Morgan fingerprint density at radius 1 is 1.45 bits per heavy atom. The molecule has 20 heavy (non-hydrogen) atoms. The highest BCUT2D eigenvalue weighted by atomic mass is 16.5. The molecule has 3 amide bonds. The molecule has 4 N–H and O–H groups in total. The summed E-state index contributed by atoms with van der Waals surface area (Å²) in [6, 6.07) is -2.46. The number of nitrogens with one attached hydrogen (secondary N) is 1. The lowest BCUT2D eigenvalue weighted by molar-refractivity contribution is -0.139. The molecule has 0 aromatic carbocycles. The van der Waals surface area contributed by atoms with Crippen LogP contribution in [-0.4, -0.2) is 59.8 Å². The predicted molar refractivity (Wildman–Crippen MR) is 69.9 cm³/mol. The Morgan fingerprint density at radius 2 is 2.10 bits per heavy atom. The summed E-state index contributed by atoms with van der Waals surface area (Å²) < 4.78 is 5.10. The predicted octanol–water partition coefficient (Wildman–Crippen LogP) is -0.619. The molecular weight excluding hydrogens is 266 g/mol. The van der Waals surface area contributed by atoms with Crippen molar-refractivity contribution in [1.29, 1.82) is 0 Å². The van der Waals surface area contributed by atoms with Gasteiger partial charge in [-0.15, -0.1) is 0 Å². The number of carbonyl (C=O) groups excluding carboxylic acids is 2. The normalized spacial score (nSPS) is 20.6. The molecule has 0 bridgehead atoms. The van der Waals surface area contributed by atoms with E-state index >= 15 is 0 Å². The molecule has 1 fully saturated rings. The van der Waals surface area contributed by atoms with Crippen molar-refractivity contribution < 1.29 is 24.2 Å². The van der Waals surface area contributed by atoms with Crippen molar-refractivity contribution in [2.24, 2.45) is 11.7 Å². The highest BCUT2D eigenvalue weighted by molar-refractivity contribution is 5.88. The number of carbonyl (C=O) groups is 3. The zero-order chi connectivity index (χ0) is 15.3. The molecule has 1 rings (SSSR count). The summed E-state index contributed by atoms with van der Waals surface area (Å²) in [7, 11) is 0. The van der Waals surface area contributed by atoms with Gasteiger partial charge in [0.15, 0.2) is 0 Å². The third kappa shape index (κ3) is 4.37. The van der Waals surface area contributed by atoms with Crippen molar-refractivity contribution in [2.45, 2.75) is 32.4 Å². The van der Waals surface area contributed by atoms with Crippen molar-refractivity contribution in [3.05, 3.63) is 0 Å². The number of nitrogens with two attached hydrogens (primary N) is 1. The number of amides is 3. The first-order chi connectivity index (χ1) is 9.32. The lowest BCUT2D eigenvalue weighted by Crippen LogP contribution is -2.59. The molecule has 8 nitrogen and oxygen atoms in total. The fourth-order valence-electron chi connectivity index (χ4n) is 2.01. The van der Waals surface area contributed by atoms with Crippen LogP contribution >= 0.6 is 0 Å². The zero-order valence-electron chi connectivity index (χ0n) is 11.7. The molecule has 0 saturated carbocycles. The van der Waals surface area contributed by atoms with Crippen molar-refractivity contribution >= 4 is 17.9 Å². The molecule has 1 aliphatic rings. The number of morpholine rings is 1. The van der Waals surface area contributed by atoms with Crippen LogP contribution in [0.1, 0.15) is 20.3 Å². The van der Waals surface area contributed by atoms with E-state index in [0.717, 1.165) is 0 Å². The standard InChI is InChI=1S/C12H21N3O5/c1-7(2)5-8(11(17)18)14-12(19)15-3-4-20-6-9(15)10(13)16/h7-9H,3-6H2,1-2H3,(H2,13,16)(H,14,19)(H,17,18)/t8-,9?/m0/s1. The maximum Gasteiger partial charge on any atom is 0.326 e. The van der Waals surface area contributed by atoms with E-state index in [0.29, 0.717) is 13.0 Å². The van der Waals surface area contributed by atoms with Gasteiger partial charge in [-0.3, -0.25) is 4.79 Å². The number of ether oxygens (including phenoxy) is 1. The summed E-state index contributed by atoms with van der Waals surface area (Å²) in [6.45, 7) is 4.25. The molecule has 1 heterocycles. The maximum atomic E-state index is 12.1. The largest absolute Gasteiger partial charge is 0.480 e. The molecule has 114 valence electrons. The van der Waals surface area contributed by atoms with E-state index in [9.17, 15) is 14.4 Å². The van der Waals surface area contributed by atoms with Crippen LogP contribution < -0.4 is 11.1 Å². The van der Waals surface area contributed by atoms with Gasteiger partial charge >= 0.3 is 12.0 Å². The fourth-order valence-corrected chi connectivity index (χ4v) is 2.01. The number of aliphatic carboxylic acids is 1. The smallest absolute Gasteiger partial charge is 0.326 e. The molecule has 2 atom stereocenters. The first kappa shape index (κ1) is 16.2. The van der Waals surface area contributed by atoms with E-state index in [1.165, 1.54) is 4.90 Å². The summed E-state index contributed by atoms with van der Waals surface area (Å²) in [5.74, 6) is -1.65. The Labute approximate surface area is 117 Å². The molecule has 1 unspecified atom stereocenters. The molecule has 0 radical (unpaired) electrons. The van der Waals surface area contributed by atoms with Crippen molar-refractivity contribution in [3.8, 4) is 0 Å². The number of carboxylic acids is 1. The monoisotopic (exact) mass is 287 g/mol. The van der Waals surface area contributed by atoms with Crippen LogP contribution in [0.3, 0.4) is 0 Å². The van der Waals surface area contributed by atoms with Gasteiger partial charge in [0.2, 0.25) is 5.91 Å². The van der Waals surface area contributed by atoms with E-state index in [2.05, 4.69) is 5.32 Å².